The van der Waals surface area contributed by atoms with Crippen LogP contribution in [0.2, 0.25) is 0 Å². The predicted molar refractivity (Wildman–Crippen MR) is 105 cm³/mol. The summed E-state index contributed by atoms with van der Waals surface area (Å²) in [4.78, 5) is 32.3. The predicted octanol–water partition coefficient (Wildman–Crippen LogP) is 1.56. The third-order valence-corrected chi connectivity index (χ3v) is 4.50. The molecule has 0 spiro atoms. The first-order valence-corrected chi connectivity index (χ1v) is 9.12. The Bertz CT molecular complexity index is 769. The molecule has 140 valence electrons. The Hall–Kier alpha value is -2.99. The zero-order valence-electron chi connectivity index (χ0n) is 15.3. The molecule has 3 rings (SSSR count). The summed E-state index contributed by atoms with van der Waals surface area (Å²) in [6.45, 7) is 3.81. The van der Waals surface area contributed by atoms with Gasteiger partial charge in [-0.25, -0.2) is 0 Å². The van der Waals surface area contributed by atoms with Gasteiger partial charge in [0, 0.05) is 51.7 Å². The van der Waals surface area contributed by atoms with Crippen LogP contribution in [0.4, 0.5) is 0 Å². The molecule has 0 unspecified atom stereocenters. The second kappa shape index (κ2) is 9.64. The largest absolute Gasteiger partial charge is 0.344 e. The lowest BCUT2D eigenvalue weighted by atomic mass is 10.2. The molecule has 0 aliphatic carbocycles. The van der Waals surface area contributed by atoms with E-state index in [-0.39, 0.29) is 0 Å². The molecular weight excluding hydrogens is 340 g/mol. The number of hydrogen-bond acceptors (Lipinski definition) is 4. The third kappa shape index (κ3) is 5.76. The SMILES string of the molecule is O=C(NCc1cccnc1)C(=O)N1CCN(C/C=C/c2ccccc2)CC1. The number of nitrogens with zero attached hydrogens (tertiary/aromatic N) is 3. The van der Waals surface area contributed by atoms with Crippen LogP contribution in [0.5, 0.6) is 0 Å². The maximum absolute atomic E-state index is 12.3. The highest BCUT2D eigenvalue weighted by atomic mass is 16.2. The number of piperazine rings is 1. The Kier molecular flexibility index (Phi) is 6.71. The van der Waals surface area contributed by atoms with Crippen LogP contribution in [0.15, 0.2) is 60.9 Å². The van der Waals surface area contributed by atoms with E-state index < -0.39 is 11.8 Å². The minimum atomic E-state index is -0.559. The molecule has 1 aliphatic rings. The standard InChI is InChI=1S/C21H24N4O2/c26-20(23-17-19-8-4-10-22-16-19)21(27)25-14-12-24(13-15-25)11-5-9-18-6-2-1-3-7-18/h1-10,16H,11-15,17H2,(H,23,26)/b9-5+. The Morgan fingerprint density at radius 1 is 1.04 bits per heavy atom. The summed E-state index contributed by atoms with van der Waals surface area (Å²) in [5, 5.41) is 2.66. The van der Waals surface area contributed by atoms with Gasteiger partial charge in [0.1, 0.15) is 0 Å². The first-order valence-electron chi connectivity index (χ1n) is 9.12. The highest BCUT2D eigenvalue weighted by Gasteiger charge is 2.25. The van der Waals surface area contributed by atoms with Gasteiger partial charge in [0.2, 0.25) is 0 Å². The van der Waals surface area contributed by atoms with Crippen LogP contribution < -0.4 is 5.32 Å². The number of benzene rings is 1. The molecule has 1 saturated heterocycles. The average Bonchev–Trinajstić information content (AvgIpc) is 2.73. The number of nitrogens with one attached hydrogen (secondary N) is 1. The Morgan fingerprint density at radius 3 is 2.52 bits per heavy atom. The summed E-state index contributed by atoms with van der Waals surface area (Å²) >= 11 is 0. The van der Waals surface area contributed by atoms with Crippen molar-refractivity contribution >= 4 is 17.9 Å². The van der Waals surface area contributed by atoms with Crippen molar-refractivity contribution in [1.82, 2.24) is 20.1 Å². The summed E-state index contributed by atoms with van der Waals surface area (Å²) in [6.07, 6.45) is 7.58. The maximum Gasteiger partial charge on any atom is 0.311 e. The molecule has 2 heterocycles. The van der Waals surface area contributed by atoms with Gasteiger partial charge in [-0.05, 0) is 17.2 Å². The molecule has 0 radical (unpaired) electrons. The molecule has 1 aromatic carbocycles. The fourth-order valence-electron chi connectivity index (χ4n) is 2.94. The number of hydrogen-bond donors (Lipinski definition) is 1. The fraction of sp³-hybridized carbons (Fsp3) is 0.286. The molecule has 0 bridgehead atoms. The van der Waals surface area contributed by atoms with Crippen LogP contribution in [-0.4, -0.2) is 59.3 Å². The molecule has 0 saturated carbocycles. The number of carbonyl (C=O) groups excluding carboxylic acids is 2. The number of rotatable bonds is 5. The average molecular weight is 364 g/mol. The van der Waals surface area contributed by atoms with E-state index in [0.29, 0.717) is 19.6 Å². The molecular formula is C21H24N4O2. The minimum Gasteiger partial charge on any atom is -0.344 e. The molecule has 6 heteroatoms. The van der Waals surface area contributed by atoms with Crippen molar-refractivity contribution < 1.29 is 9.59 Å². The molecule has 1 N–H and O–H groups in total. The summed E-state index contributed by atoms with van der Waals surface area (Å²) in [5.41, 5.74) is 2.05. The van der Waals surface area contributed by atoms with Crippen molar-refractivity contribution in [3.63, 3.8) is 0 Å². The lowest BCUT2D eigenvalue weighted by Gasteiger charge is -2.33. The highest BCUT2D eigenvalue weighted by molar-refractivity contribution is 6.35. The highest BCUT2D eigenvalue weighted by Crippen LogP contribution is 2.05. The van der Waals surface area contributed by atoms with Crippen molar-refractivity contribution in [1.29, 1.82) is 0 Å². The van der Waals surface area contributed by atoms with Crippen molar-refractivity contribution in [2.45, 2.75) is 6.54 Å². The number of amides is 2. The second-order valence-electron chi connectivity index (χ2n) is 6.45. The van der Waals surface area contributed by atoms with E-state index in [9.17, 15) is 9.59 Å². The minimum absolute atomic E-state index is 0.308. The van der Waals surface area contributed by atoms with Crippen molar-refractivity contribution in [3.05, 3.63) is 72.1 Å². The van der Waals surface area contributed by atoms with Gasteiger partial charge in [-0.15, -0.1) is 0 Å². The Morgan fingerprint density at radius 2 is 1.81 bits per heavy atom. The van der Waals surface area contributed by atoms with Gasteiger partial charge >= 0.3 is 11.8 Å². The number of pyridine rings is 1. The van der Waals surface area contributed by atoms with Gasteiger partial charge < -0.3 is 10.2 Å². The summed E-state index contributed by atoms with van der Waals surface area (Å²) < 4.78 is 0. The fourth-order valence-corrected chi connectivity index (χ4v) is 2.94. The number of aromatic nitrogens is 1. The van der Waals surface area contributed by atoms with Crippen LogP contribution in [0.3, 0.4) is 0 Å². The summed E-state index contributed by atoms with van der Waals surface area (Å²) in [6, 6.07) is 13.8. The van der Waals surface area contributed by atoms with E-state index in [1.807, 2.05) is 24.3 Å². The molecule has 1 fully saturated rings. The van der Waals surface area contributed by atoms with E-state index in [0.717, 1.165) is 25.2 Å². The molecule has 6 nitrogen and oxygen atoms in total. The smallest absolute Gasteiger partial charge is 0.311 e. The van der Waals surface area contributed by atoms with Gasteiger partial charge in [0.25, 0.3) is 0 Å². The monoisotopic (exact) mass is 364 g/mol. The quantitative estimate of drug-likeness (QED) is 0.818. The van der Waals surface area contributed by atoms with Gasteiger partial charge in [-0.2, -0.15) is 0 Å². The van der Waals surface area contributed by atoms with E-state index >= 15 is 0 Å². The van der Waals surface area contributed by atoms with Crippen molar-refractivity contribution in [2.24, 2.45) is 0 Å². The van der Waals surface area contributed by atoms with E-state index in [1.54, 1.807) is 23.4 Å². The second-order valence-corrected chi connectivity index (χ2v) is 6.45. The van der Waals surface area contributed by atoms with Crippen LogP contribution >= 0.6 is 0 Å². The van der Waals surface area contributed by atoms with Gasteiger partial charge in [0.05, 0.1) is 0 Å². The van der Waals surface area contributed by atoms with Crippen LogP contribution in [0.25, 0.3) is 6.08 Å². The lowest BCUT2D eigenvalue weighted by Crippen LogP contribution is -2.52. The van der Waals surface area contributed by atoms with Gasteiger partial charge in [-0.1, -0.05) is 48.6 Å². The zero-order valence-corrected chi connectivity index (χ0v) is 15.3. The van der Waals surface area contributed by atoms with E-state index in [1.165, 1.54) is 5.56 Å². The summed E-state index contributed by atoms with van der Waals surface area (Å²) in [5.74, 6) is -1.02. The Balaban J connectivity index is 1.39. The van der Waals surface area contributed by atoms with E-state index in [2.05, 4.69) is 39.5 Å². The molecule has 27 heavy (non-hydrogen) atoms. The van der Waals surface area contributed by atoms with Crippen LogP contribution in [0, 0.1) is 0 Å². The first kappa shape index (κ1) is 18.8. The van der Waals surface area contributed by atoms with Gasteiger partial charge in [-0.3, -0.25) is 19.5 Å². The van der Waals surface area contributed by atoms with E-state index in [4.69, 9.17) is 0 Å². The van der Waals surface area contributed by atoms with Crippen LogP contribution in [-0.2, 0) is 16.1 Å². The normalized spacial score (nSPS) is 15.0. The molecule has 1 aliphatic heterocycles. The third-order valence-electron chi connectivity index (χ3n) is 4.50. The number of carbonyl (C=O) groups is 2. The molecule has 0 atom stereocenters. The van der Waals surface area contributed by atoms with Crippen molar-refractivity contribution in [3.8, 4) is 0 Å². The lowest BCUT2D eigenvalue weighted by molar-refractivity contribution is -0.147. The molecule has 2 aromatic rings. The Labute approximate surface area is 159 Å². The first-order chi connectivity index (χ1) is 13.2. The van der Waals surface area contributed by atoms with Crippen molar-refractivity contribution in [2.75, 3.05) is 32.7 Å². The molecule has 1 aromatic heterocycles. The van der Waals surface area contributed by atoms with Crippen LogP contribution in [0.1, 0.15) is 11.1 Å². The zero-order chi connectivity index (χ0) is 18.9. The topological polar surface area (TPSA) is 65.5 Å². The maximum atomic E-state index is 12.3. The molecule has 2 amide bonds. The van der Waals surface area contributed by atoms with Gasteiger partial charge in [0.15, 0.2) is 0 Å². The summed E-state index contributed by atoms with van der Waals surface area (Å²) in [7, 11) is 0.